The van der Waals surface area contributed by atoms with Crippen molar-refractivity contribution < 1.29 is 8.42 Å². The van der Waals surface area contributed by atoms with Gasteiger partial charge in [-0.15, -0.1) is 10.2 Å². The maximum Gasteiger partial charge on any atom is 0.213 e. The van der Waals surface area contributed by atoms with E-state index in [1.54, 1.807) is 17.4 Å². The molecule has 0 aliphatic carbocycles. The van der Waals surface area contributed by atoms with Gasteiger partial charge in [0.25, 0.3) is 0 Å². The standard InChI is InChI=1S/C15H20N6O2S/c1-3-24(22,23)20-7-5-10(2)11(9-20)15-19-18-13-8-17-14-12(21(13)15)4-6-16-14/h4,6,8,10-11,16H,3,5,7,9H2,1-2H3/t10-,11-/m0/s1. The van der Waals surface area contributed by atoms with E-state index >= 15 is 0 Å². The number of rotatable bonds is 3. The minimum absolute atomic E-state index is 0.00979. The van der Waals surface area contributed by atoms with Crippen LogP contribution in [0.25, 0.3) is 16.8 Å². The van der Waals surface area contributed by atoms with Crippen LogP contribution in [0, 0.1) is 5.92 Å². The van der Waals surface area contributed by atoms with Gasteiger partial charge in [0, 0.05) is 25.2 Å². The van der Waals surface area contributed by atoms with Crippen molar-refractivity contribution in [1.82, 2.24) is 28.9 Å². The number of nitrogens with zero attached hydrogens (tertiary/aromatic N) is 5. The molecular formula is C15H20N6O2S. The summed E-state index contributed by atoms with van der Waals surface area (Å²) >= 11 is 0. The zero-order valence-electron chi connectivity index (χ0n) is 13.7. The Labute approximate surface area is 140 Å². The number of sulfonamides is 1. The van der Waals surface area contributed by atoms with Crippen molar-refractivity contribution >= 4 is 26.8 Å². The Hall–Kier alpha value is -2.00. The van der Waals surface area contributed by atoms with Crippen LogP contribution in [0.15, 0.2) is 18.5 Å². The van der Waals surface area contributed by atoms with Crippen LogP contribution < -0.4 is 0 Å². The Balaban J connectivity index is 1.82. The molecule has 2 atom stereocenters. The lowest BCUT2D eigenvalue weighted by Crippen LogP contribution is -2.43. The van der Waals surface area contributed by atoms with Gasteiger partial charge in [-0.1, -0.05) is 6.92 Å². The molecule has 1 N–H and O–H groups in total. The number of nitrogens with one attached hydrogen (secondary N) is 1. The van der Waals surface area contributed by atoms with E-state index in [0.717, 1.165) is 23.4 Å². The summed E-state index contributed by atoms with van der Waals surface area (Å²) in [7, 11) is -3.20. The fraction of sp³-hybridized carbons (Fsp3) is 0.533. The van der Waals surface area contributed by atoms with Gasteiger partial charge in [-0.2, -0.15) is 0 Å². The van der Waals surface area contributed by atoms with Crippen molar-refractivity contribution in [2.75, 3.05) is 18.8 Å². The molecule has 0 unspecified atom stereocenters. The highest BCUT2D eigenvalue weighted by molar-refractivity contribution is 7.89. The summed E-state index contributed by atoms with van der Waals surface area (Å²) in [6.07, 6.45) is 4.34. The fourth-order valence-corrected chi connectivity index (χ4v) is 4.59. The van der Waals surface area contributed by atoms with E-state index in [4.69, 9.17) is 0 Å². The van der Waals surface area contributed by atoms with Crippen LogP contribution in [0.1, 0.15) is 32.0 Å². The van der Waals surface area contributed by atoms with E-state index < -0.39 is 10.0 Å². The molecule has 4 heterocycles. The maximum atomic E-state index is 12.3. The first-order valence-corrected chi connectivity index (χ1v) is 9.77. The van der Waals surface area contributed by atoms with Crippen molar-refractivity contribution in [3.63, 3.8) is 0 Å². The molecule has 0 amide bonds. The van der Waals surface area contributed by atoms with E-state index in [1.165, 1.54) is 0 Å². The molecule has 8 nitrogen and oxygen atoms in total. The summed E-state index contributed by atoms with van der Waals surface area (Å²) in [5, 5.41) is 8.61. The Morgan fingerprint density at radius 2 is 2.21 bits per heavy atom. The Bertz CT molecular complexity index is 992. The van der Waals surface area contributed by atoms with E-state index in [0.29, 0.717) is 24.7 Å². The van der Waals surface area contributed by atoms with Crippen molar-refractivity contribution in [3.8, 4) is 0 Å². The van der Waals surface area contributed by atoms with Crippen LogP contribution in [0.2, 0.25) is 0 Å². The summed E-state index contributed by atoms with van der Waals surface area (Å²) in [5.41, 5.74) is 2.36. The molecular weight excluding hydrogens is 328 g/mol. The number of hydrogen-bond donors (Lipinski definition) is 1. The number of fused-ring (bicyclic) bond motifs is 3. The first kappa shape index (κ1) is 15.5. The summed E-state index contributed by atoms with van der Waals surface area (Å²) in [4.78, 5) is 7.42. The Morgan fingerprint density at radius 1 is 1.38 bits per heavy atom. The zero-order chi connectivity index (χ0) is 16.9. The number of piperidine rings is 1. The maximum absolute atomic E-state index is 12.3. The second kappa shape index (κ2) is 5.52. The molecule has 1 fully saturated rings. The van der Waals surface area contributed by atoms with Gasteiger partial charge in [0.1, 0.15) is 5.82 Å². The van der Waals surface area contributed by atoms with Gasteiger partial charge in [-0.05, 0) is 25.3 Å². The number of aromatic nitrogens is 5. The van der Waals surface area contributed by atoms with Gasteiger partial charge < -0.3 is 4.98 Å². The van der Waals surface area contributed by atoms with Crippen LogP contribution in [0.3, 0.4) is 0 Å². The predicted octanol–water partition coefficient (Wildman–Crippen LogP) is 1.38. The van der Waals surface area contributed by atoms with E-state index in [2.05, 4.69) is 27.1 Å². The first-order chi connectivity index (χ1) is 11.5. The molecule has 0 bridgehead atoms. The molecule has 1 saturated heterocycles. The van der Waals surface area contributed by atoms with E-state index in [1.807, 2.05) is 16.7 Å². The molecule has 1 aliphatic rings. The quantitative estimate of drug-likeness (QED) is 0.771. The molecule has 0 aromatic carbocycles. The molecule has 9 heteroatoms. The van der Waals surface area contributed by atoms with Gasteiger partial charge in [-0.3, -0.25) is 4.40 Å². The number of aromatic amines is 1. The molecule has 3 aromatic rings. The topological polar surface area (TPSA) is 96.2 Å². The van der Waals surface area contributed by atoms with Gasteiger partial charge in [0.05, 0.1) is 17.5 Å². The lowest BCUT2D eigenvalue weighted by molar-refractivity contribution is 0.244. The Morgan fingerprint density at radius 3 is 3.00 bits per heavy atom. The highest BCUT2D eigenvalue weighted by atomic mass is 32.2. The van der Waals surface area contributed by atoms with E-state index in [-0.39, 0.29) is 11.7 Å². The first-order valence-electron chi connectivity index (χ1n) is 8.16. The van der Waals surface area contributed by atoms with Gasteiger partial charge in [0.15, 0.2) is 11.3 Å². The van der Waals surface area contributed by atoms with Gasteiger partial charge >= 0.3 is 0 Å². The smallest absolute Gasteiger partial charge is 0.213 e. The molecule has 4 rings (SSSR count). The minimum atomic E-state index is -3.20. The van der Waals surface area contributed by atoms with Crippen molar-refractivity contribution in [1.29, 1.82) is 0 Å². The lowest BCUT2D eigenvalue weighted by atomic mass is 9.87. The molecule has 0 radical (unpaired) electrons. The van der Waals surface area contributed by atoms with Crippen LogP contribution in [-0.2, 0) is 10.0 Å². The summed E-state index contributed by atoms with van der Waals surface area (Å²) in [6.45, 7) is 4.86. The minimum Gasteiger partial charge on any atom is -0.345 e. The third kappa shape index (κ3) is 2.30. The second-order valence-electron chi connectivity index (χ2n) is 6.35. The molecule has 0 spiro atoms. The summed E-state index contributed by atoms with van der Waals surface area (Å²) < 4.78 is 28.1. The SMILES string of the molecule is CCS(=O)(=O)N1CC[C@H](C)[C@@H](c2nnc3cnc4[nH]ccc4n23)C1. The van der Waals surface area contributed by atoms with Crippen LogP contribution in [0.4, 0.5) is 0 Å². The molecule has 3 aromatic heterocycles. The lowest BCUT2D eigenvalue weighted by Gasteiger charge is -2.35. The van der Waals surface area contributed by atoms with Crippen molar-refractivity contribution in [2.24, 2.45) is 5.92 Å². The molecule has 1 aliphatic heterocycles. The zero-order valence-corrected chi connectivity index (χ0v) is 14.5. The van der Waals surface area contributed by atoms with Crippen molar-refractivity contribution in [3.05, 3.63) is 24.3 Å². The van der Waals surface area contributed by atoms with Crippen LogP contribution in [0.5, 0.6) is 0 Å². The third-order valence-corrected chi connectivity index (χ3v) is 6.83. The molecule has 0 saturated carbocycles. The third-order valence-electron chi connectivity index (χ3n) is 4.98. The molecule has 128 valence electrons. The van der Waals surface area contributed by atoms with Gasteiger partial charge in [0.2, 0.25) is 10.0 Å². The van der Waals surface area contributed by atoms with Crippen LogP contribution in [-0.4, -0.2) is 56.1 Å². The summed E-state index contributed by atoms with van der Waals surface area (Å²) in [5.74, 6) is 1.28. The average Bonchev–Trinajstić information content (AvgIpc) is 3.20. The number of H-pyrrole nitrogens is 1. The average molecular weight is 348 g/mol. The fourth-order valence-electron chi connectivity index (χ4n) is 3.45. The normalized spacial score (nSPS) is 23.2. The van der Waals surface area contributed by atoms with E-state index in [9.17, 15) is 8.42 Å². The number of hydrogen-bond acceptors (Lipinski definition) is 5. The Kier molecular flexibility index (Phi) is 3.57. The predicted molar refractivity (Wildman–Crippen MR) is 90.2 cm³/mol. The monoisotopic (exact) mass is 348 g/mol. The van der Waals surface area contributed by atoms with Crippen LogP contribution >= 0.6 is 0 Å². The largest absolute Gasteiger partial charge is 0.345 e. The van der Waals surface area contributed by atoms with Gasteiger partial charge in [-0.25, -0.2) is 17.7 Å². The highest BCUT2D eigenvalue weighted by Crippen LogP contribution is 2.33. The molecule has 24 heavy (non-hydrogen) atoms. The highest BCUT2D eigenvalue weighted by Gasteiger charge is 2.35. The second-order valence-corrected chi connectivity index (χ2v) is 8.61. The summed E-state index contributed by atoms with van der Waals surface area (Å²) in [6, 6.07) is 1.94. The van der Waals surface area contributed by atoms with Crippen molar-refractivity contribution in [2.45, 2.75) is 26.2 Å².